The minimum Gasteiger partial charge on any atom is -0.462 e. The van der Waals surface area contributed by atoms with Crippen LogP contribution in [0.3, 0.4) is 0 Å². The van der Waals surface area contributed by atoms with Gasteiger partial charge in [0.25, 0.3) is 0 Å². The summed E-state index contributed by atoms with van der Waals surface area (Å²) in [6.45, 7) is 7.10. The van der Waals surface area contributed by atoms with Crippen molar-refractivity contribution in [3.63, 3.8) is 0 Å². The first-order valence-corrected chi connectivity index (χ1v) is 7.72. The molecular formula is C17H22N4O2. The molecule has 2 heterocycles. The van der Waals surface area contributed by atoms with Crippen LogP contribution in [0, 0.1) is 16.7 Å². The van der Waals surface area contributed by atoms with E-state index in [4.69, 9.17) is 10.00 Å². The van der Waals surface area contributed by atoms with Gasteiger partial charge in [-0.25, -0.2) is 9.31 Å². The lowest BCUT2D eigenvalue weighted by molar-refractivity contribution is 0.0528. The first-order chi connectivity index (χ1) is 11.0. The molecule has 0 aliphatic carbocycles. The highest BCUT2D eigenvalue weighted by molar-refractivity contribution is 5.97. The number of nitrogens with one attached hydrogen (secondary N) is 1. The standard InChI is InChI=1S/C17H22N4O2/c1-4-23-16(22)14-11-20-21-9-6-13(10-15(14)21)19-12-17(2,3)7-5-8-18/h6,9-11,19H,4-5,7,12H2,1-3H3. The van der Waals surface area contributed by atoms with Gasteiger partial charge in [0.1, 0.15) is 5.56 Å². The first-order valence-electron chi connectivity index (χ1n) is 7.72. The predicted molar refractivity (Wildman–Crippen MR) is 88.3 cm³/mol. The van der Waals surface area contributed by atoms with Crippen molar-refractivity contribution in [2.24, 2.45) is 5.41 Å². The number of hydrogen-bond donors (Lipinski definition) is 1. The second kappa shape index (κ2) is 7.14. The number of carbonyl (C=O) groups is 1. The Bertz CT molecular complexity index is 728. The lowest BCUT2D eigenvalue weighted by Gasteiger charge is -2.24. The number of fused-ring (bicyclic) bond motifs is 1. The van der Waals surface area contributed by atoms with E-state index in [0.717, 1.165) is 18.7 Å². The van der Waals surface area contributed by atoms with Crippen molar-refractivity contribution in [2.45, 2.75) is 33.6 Å². The molecule has 6 heteroatoms. The molecule has 1 N–H and O–H groups in total. The number of esters is 1. The van der Waals surface area contributed by atoms with Gasteiger partial charge in [-0.05, 0) is 30.9 Å². The molecule has 2 aromatic rings. The van der Waals surface area contributed by atoms with E-state index in [1.165, 1.54) is 6.20 Å². The van der Waals surface area contributed by atoms with Crippen molar-refractivity contribution in [1.82, 2.24) is 9.61 Å². The third kappa shape index (κ3) is 4.22. The maximum Gasteiger partial charge on any atom is 0.341 e. The SMILES string of the molecule is CCOC(=O)c1cnn2ccc(NCC(C)(C)CCC#N)cc12. The van der Waals surface area contributed by atoms with Crippen molar-refractivity contribution in [1.29, 1.82) is 5.26 Å². The van der Waals surface area contributed by atoms with Crippen LogP contribution in [0.25, 0.3) is 5.52 Å². The Kier molecular flexibility index (Phi) is 5.22. The molecular weight excluding hydrogens is 292 g/mol. The molecule has 0 aliphatic heterocycles. The maximum absolute atomic E-state index is 11.9. The number of hydrogen-bond acceptors (Lipinski definition) is 5. The quantitative estimate of drug-likeness (QED) is 0.794. The number of carbonyl (C=O) groups excluding carboxylic acids is 1. The summed E-state index contributed by atoms with van der Waals surface area (Å²) in [5.41, 5.74) is 2.10. The molecule has 0 radical (unpaired) electrons. The largest absolute Gasteiger partial charge is 0.462 e. The van der Waals surface area contributed by atoms with Gasteiger partial charge >= 0.3 is 5.97 Å². The zero-order chi connectivity index (χ0) is 16.9. The lowest BCUT2D eigenvalue weighted by atomic mass is 9.88. The number of nitriles is 1. The Balaban J connectivity index is 2.15. The Morgan fingerprint density at radius 3 is 3.00 bits per heavy atom. The third-order valence-corrected chi connectivity index (χ3v) is 3.70. The van der Waals surface area contributed by atoms with E-state index >= 15 is 0 Å². The Hall–Kier alpha value is -2.55. The fraction of sp³-hybridized carbons (Fsp3) is 0.471. The van der Waals surface area contributed by atoms with Gasteiger partial charge in [-0.15, -0.1) is 0 Å². The number of rotatable bonds is 7. The average molecular weight is 314 g/mol. The highest BCUT2D eigenvalue weighted by Gasteiger charge is 2.18. The molecule has 0 fully saturated rings. The summed E-state index contributed by atoms with van der Waals surface area (Å²) in [5, 5.41) is 16.2. The van der Waals surface area contributed by atoms with Gasteiger partial charge in [0.05, 0.1) is 24.4 Å². The number of nitrogens with zero attached hydrogens (tertiary/aromatic N) is 3. The monoisotopic (exact) mass is 314 g/mol. The summed E-state index contributed by atoms with van der Waals surface area (Å²) in [4.78, 5) is 11.9. The molecule has 0 amide bonds. The van der Waals surface area contributed by atoms with Crippen LogP contribution in [0.2, 0.25) is 0 Å². The van der Waals surface area contributed by atoms with Crippen LogP contribution in [0.5, 0.6) is 0 Å². The number of pyridine rings is 1. The second-order valence-electron chi connectivity index (χ2n) is 6.20. The Labute approximate surface area is 136 Å². The van der Waals surface area contributed by atoms with E-state index in [1.807, 2.05) is 18.3 Å². The molecule has 0 saturated carbocycles. The van der Waals surface area contributed by atoms with Gasteiger partial charge in [-0.3, -0.25) is 0 Å². The lowest BCUT2D eigenvalue weighted by Crippen LogP contribution is -2.23. The van der Waals surface area contributed by atoms with Gasteiger partial charge < -0.3 is 10.1 Å². The van der Waals surface area contributed by atoms with E-state index in [-0.39, 0.29) is 11.4 Å². The minimum absolute atomic E-state index is 0.0199. The van der Waals surface area contributed by atoms with E-state index in [2.05, 4.69) is 30.3 Å². The van der Waals surface area contributed by atoms with Gasteiger partial charge in [-0.2, -0.15) is 10.4 Å². The normalized spacial score (nSPS) is 11.2. The summed E-state index contributed by atoms with van der Waals surface area (Å²) in [7, 11) is 0. The van der Waals surface area contributed by atoms with E-state index < -0.39 is 0 Å². The maximum atomic E-state index is 11.9. The molecule has 0 aliphatic rings. The molecule has 122 valence electrons. The summed E-state index contributed by atoms with van der Waals surface area (Å²) < 4.78 is 6.70. The van der Waals surface area contributed by atoms with Crippen LogP contribution in [-0.2, 0) is 4.74 Å². The van der Waals surface area contributed by atoms with Crippen molar-refractivity contribution in [3.05, 3.63) is 30.1 Å². The molecule has 0 spiro atoms. The van der Waals surface area contributed by atoms with E-state index in [9.17, 15) is 4.79 Å². The summed E-state index contributed by atoms with van der Waals surface area (Å²) in [5.74, 6) is -0.367. The molecule has 0 aromatic carbocycles. The molecule has 0 saturated heterocycles. The van der Waals surface area contributed by atoms with Gasteiger partial charge in [0.15, 0.2) is 0 Å². The van der Waals surface area contributed by atoms with Crippen LogP contribution in [-0.4, -0.2) is 28.7 Å². The van der Waals surface area contributed by atoms with Crippen LogP contribution >= 0.6 is 0 Å². The molecule has 0 atom stereocenters. The molecule has 0 bridgehead atoms. The smallest absolute Gasteiger partial charge is 0.341 e. The molecule has 23 heavy (non-hydrogen) atoms. The van der Waals surface area contributed by atoms with Crippen LogP contribution < -0.4 is 5.32 Å². The highest BCUT2D eigenvalue weighted by atomic mass is 16.5. The van der Waals surface area contributed by atoms with Crippen molar-refractivity contribution in [2.75, 3.05) is 18.5 Å². The molecule has 2 aromatic heterocycles. The fourth-order valence-corrected chi connectivity index (χ4v) is 2.28. The van der Waals surface area contributed by atoms with Gasteiger partial charge in [0, 0.05) is 24.8 Å². The van der Waals surface area contributed by atoms with E-state index in [0.29, 0.717) is 24.1 Å². The summed E-state index contributed by atoms with van der Waals surface area (Å²) in [6, 6.07) is 5.98. The van der Waals surface area contributed by atoms with Crippen LogP contribution in [0.1, 0.15) is 44.0 Å². The zero-order valence-electron chi connectivity index (χ0n) is 13.8. The first kappa shape index (κ1) is 16.8. The van der Waals surface area contributed by atoms with Gasteiger partial charge in [0.2, 0.25) is 0 Å². The number of ether oxygens (including phenoxy) is 1. The third-order valence-electron chi connectivity index (χ3n) is 3.70. The number of anilines is 1. The Morgan fingerprint density at radius 2 is 2.30 bits per heavy atom. The van der Waals surface area contributed by atoms with Crippen LogP contribution in [0.15, 0.2) is 24.5 Å². The van der Waals surface area contributed by atoms with E-state index in [1.54, 1.807) is 11.4 Å². The van der Waals surface area contributed by atoms with Crippen molar-refractivity contribution in [3.8, 4) is 6.07 Å². The Morgan fingerprint density at radius 1 is 1.52 bits per heavy atom. The van der Waals surface area contributed by atoms with Crippen LogP contribution in [0.4, 0.5) is 5.69 Å². The topological polar surface area (TPSA) is 79.4 Å². The van der Waals surface area contributed by atoms with Crippen molar-refractivity contribution < 1.29 is 9.53 Å². The molecule has 6 nitrogen and oxygen atoms in total. The van der Waals surface area contributed by atoms with Gasteiger partial charge in [-0.1, -0.05) is 13.8 Å². The minimum atomic E-state index is -0.367. The summed E-state index contributed by atoms with van der Waals surface area (Å²) in [6.07, 6.45) is 4.71. The van der Waals surface area contributed by atoms with Crippen molar-refractivity contribution >= 4 is 17.2 Å². The molecule has 2 rings (SSSR count). The molecule has 0 unspecified atom stereocenters. The average Bonchev–Trinajstić information content (AvgIpc) is 2.94. The fourth-order valence-electron chi connectivity index (χ4n) is 2.28. The number of aromatic nitrogens is 2. The highest BCUT2D eigenvalue weighted by Crippen LogP contribution is 2.24. The predicted octanol–water partition coefficient (Wildman–Crippen LogP) is 3.25. The summed E-state index contributed by atoms with van der Waals surface area (Å²) >= 11 is 0. The zero-order valence-corrected chi connectivity index (χ0v) is 13.8. The second-order valence-corrected chi connectivity index (χ2v) is 6.20.